The zero-order chi connectivity index (χ0) is 13.1. The summed E-state index contributed by atoms with van der Waals surface area (Å²) in [6.07, 6.45) is 1.04. The number of alkyl halides is 1. The summed E-state index contributed by atoms with van der Waals surface area (Å²) in [5.41, 5.74) is 3.56. The highest BCUT2D eigenvalue weighted by molar-refractivity contribution is 6.16. The van der Waals surface area contributed by atoms with Crippen LogP contribution in [0.2, 0.25) is 0 Å². The van der Waals surface area contributed by atoms with Gasteiger partial charge in [-0.2, -0.15) is 0 Å². The van der Waals surface area contributed by atoms with Gasteiger partial charge in [0.1, 0.15) is 5.82 Å². The van der Waals surface area contributed by atoms with Gasteiger partial charge in [-0.15, -0.1) is 11.6 Å². The average molecular weight is 266 g/mol. The average Bonchev–Trinajstić information content (AvgIpc) is 2.72. The number of imidazole rings is 1. The van der Waals surface area contributed by atoms with E-state index in [2.05, 4.69) is 53.7 Å². The first kappa shape index (κ1) is 13.4. The van der Waals surface area contributed by atoms with Crippen molar-refractivity contribution >= 4 is 22.6 Å². The third-order valence-corrected chi connectivity index (χ3v) is 3.43. The summed E-state index contributed by atoms with van der Waals surface area (Å²) in [6, 6.07) is 6.50. The molecule has 0 saturated heterocycles. The van der Waals surface area contributed by atoms with E-state index in [0.717, 1.165) is 30.9 Å². The number of hydrogen-bond donors (Lipinski definition) is 0. The standard InChI is InChI=1S/C14H20ClN3/c1-4-11-5-6-13-12(9-11)16-14(10-15)18(13)8-7-17(2)3/h5-6,9H,4,7-8,10H2,1-3H3. The fourth-order valence-electron chi connectivity index (χ4n) is 2.10. The summed E-state index contributed by atoms with van der Waals surface area (Å²) in [6.45, 7) is 4.08. The van der Waals surface area contributed by atoms with Crippen LogP contribution in [-0.4, -0.2) is 35.1 Å². The molecule has 0 aliphatic heterocycles. The number of benzene rings is 1. The van der Waals surface area contributed by atoms with Gasteiger partial charge >= 0.3 is 0 Å². The monoisotopic (exact) mass is 265 g/mol. The number of fused-ring (bicyclic) bond motifs is 1. The molecular formula is C14H20ClN3. The van der Waals surface area contributed by atoms with E-state index in [4.69, 9.17) is 11.6 Å². The maximum absolute atomic E-state index is 6.00. The fourth-order valence-corrected chi connectivity index (χ4v) is 2.30. The zero-order valence-corrected chi connectivity index (χ0v) is 12.0. The van der Waals surface area contributed by atoms with Crippen molar-refractivity contribution in [1.82, 2.24) is 14.5 Å². The van der Waals surface area contributed by atoms with E-state index in [1.54, 1.807) is 0 Å². The van der Waals surface area contributed by atoms with Crippen LogP contribution < -0.4 is 0 Å². The molecule has 0 fully saturated rings. The largest absolute Gasteiger partial charge is 0.326 e. The van der Waals surface area contributed by atoms with Gasteiger partial charge in [-0.3, -0.25) is 0 Å². The predicted molar refractivity (Wildman–Crippen MR) is 77.2 cm³/mol. The van der Waals surface area contributed by atoms with Gasteiger partial charge < -0.3 is 9.47 Å². The second kappa shape index (κ2) is 5.72. The van der Waals surface area contributed by atoms with E-state index in [9.17, 15) is 0 Å². The van der Waals surface area contributed by atoms with Gasteiger partial charge in [0.25, 0.3) is 0 Å². The second-order valence-corrected chi connectivity index (χ2v) is 5.06. The molecule has 1 heterocycles. The fraction of sp³-hybridized carbons (Fsp3) is 0.500. The van der Waals surface area contributed by atoms with E-state index in [0.29, 0.717) is 5.88 Å². The molecule has 0 radical (unpaired) electrons. The molecule has 1 aromatic heterocycles. The molecule has 3 nitrogen and oxygen atoms in total. The number of aromatic nitrogens is 2. The first-order chi connectivity index (χ1) is 8.65. The molecule has 98 valence electrons. The lowest BCUT2D eigenvalue weighted by Gasteiger charge is -2.12. The molecule has 0 saturated carbocycles. The first-order valence-corrected chi connectivity index (χ1v) is 6.88. The van der Waals surface area contributed by atoms with E-state index in [-0.39, 0.29) is 0 Å². The number of hydrogen-bond acceptors (Lipinski definition) is 2. The van der Waals surface area contributed by atoms with Gasteiger partial charge in [-0.25, -0.2) is 4.98 Å². The summed E-state index contributed by atoms with van der Waals surface area (Å²) in [5.74, 6) is 1.42. The maximum Gasteiger partial charge on any atom is 0.124 e. The highest BCUT2D eigenvalue weighted by atomic mass is 35.5. The Balaban J connectivity index is 2.42. The van der Waals surface area contributed by atoms with Gasteiger partial charge in [0, 0.05) is 13.1 Å². The number of rotatable bonds is 5. The van der Waals surface area contributed by atoms with Crippen LogP contribution >= 0.6 is 11.6 Å². The minimum atomic E-state index is 0.462. The van der Waals surface area contributed by atoms with E-state index in [1.807, 2.05) is 0 Å². The molecular weight excluding hydrogens is 246 g/mol. The summed E-state index contributed by atoms with van der Waals surface area (Å²) in [5, 5.41) is 0. The lowest BCUT2D eigenvalue weighted by atomic mass is 10.1. The van der Waals surface area contributed by atoms with Crippen LogP contribution in [0.25, 0.3) is 11.0 Å². The molecule has 0 atom stereocenters. The van der Waals surface area contributed by atoms with Crippen molar-refractivity contribution in [2.24, 2.45) is 0 Å². The van der Waals surface area contributed by atoms with Gasteiger partial charge in [0.05, 0.1) is 16.9 Å². The molecule has 2 rings (SSSR count). The van der Waals surface area contributed by atoms with Crippen molar-refractivity contribution in [2.45, 2.75) is 25.8 Å². The molecule has 0 bridgehead atoms. The number of halogens is 1. The highest BCUT2D eigenvalue weighted by Crippen LogP contribution is 2.19. The van der Waals surface area contributed by atoms with Gasteiger partial charge in [0.2, 0.25) is 0 Å². The Kier molecular flexibility index (Phi) is 4.25. The van der Waals surface area contributed by atoms with Crippen molar-refractivity contribution in [2.75, 3.05) is 20.6 Å². The zero-order valence-electron chi connectivity index (χ0n) is 11.3. The van der Waals surface area contributed by atoms with E-state index in [1.165, 1.54) is 11.1 Å². The number of nitrogens with zero attached hydrogens (tertiary/aromatic N) is 3. The third-order valence-electron chi connectivity index (χ3n) is 3.19. The Morgan fingerprint density at radius 3 is 2.72 bits per heavy atom. The van der Waals surface area contributed by atoms with E-state index >= 15 is 0 Å². The predicted octanol–water partition coefficient (Wildman–Crippen LogP) is 2.90. The molecule has 4 heteroatoms. The van der Waals surface area contributed by atoms with Gasteiger partial charge in [-0.05, 0) is 38.2 Å². The summed E-state index contributed by atoms with van der Waals surface area (Å²) in [7, 11) is 4.16. The van der Waals surface area contributed by atoms with Crippen molar-refractivity contribution in [3.8, 4) is 0 Å². The van der Waals surface area contributed by atoms with Crippen molar-refractivity contribution in [1.29, 1.82) is 0 Å². The van der Waals surface area contributed by atoms with Gasteiger partial charge in [0.15, 0.2) is 0 Å². The Bertz CT molecular complexity index is 531. The molecule has 1 aromatic carbocycles. The highest BCUT2D eigenvalue weighted by Gasteiger charge is 2.10. The summed E-state index contributed by atoms with van der Waals surface area (Å²) < 4.78 is 2.22. The SMILES string of the molecule is CCc1ccc2c(c1)nc(CCl)n2CCN(C)C. The molecule has 18 heavy (non-hydrogen) atoms. The quantitative estimate of drug-likeness (QED) is 0.775. The van der Waals surface area contributed by atoms with Crippen LogP contribution in [0.3, 0.4) is 0 Å². The summed E-state index contributed by atoms with van der Waals surface area (Å²) in [4.78, 5) is 6.80. The van der Waals surface area contributed by atoms with Crippen LogP contribution in [0, 0.1) is 0 Å². The second-order valence-electron chi connectivity index (χ2n) is 4.79. The Morgan fingerprint density at radius 1 is 1.33 bits per heavy atom. The first-order valence-electron chi connectivity index (χ1n) is 6.34. The molecule has 2 aromatic rings. The molecule has 0 N–H and O–H groups in total. The van der Waals surface area contributed by atoms with Crippen LogP contribution in [-0.2, 0) is 18.8 Å². The van der Waals surface area contributed by atoms with Crippen molar-refractivity contribution in [3.63, 3.8) is 0 Å². The smallest absolute Gasteiger partial charge is 0.124 e. The molecule has 0 spiro atoms. The summed E-state index contributed by atoms with van der Waals surface area (Å²) >= 11 is 6.00. The minimum Gasteiger partial charge on any atom is -0.326 e. The van der Waals surface area contributed by atoms with Gasteiger partial charge in [-0.1, -0.05) is 13.0 Å². The van der Waals surface area contributed by atoms with Crippen LogP contribution in [0.5, 0.6) is 0 Å². The van der Waals surface area contributed by atoms with Crippen LogP contribution in [0.15, 0.2) is 18.2 Å². The minimum absolute atomic E-state index is 0.462. The van der Waals surface area contributed by atoms with Crippen molar-refractivity contribution in [3.05, 3.63) is 29.6 Å². The topological polar surface area (TPSA) is 21.1 Å². The normalized spacial score (nSPS) is 11.6. The molecule has 0 aliphatic carbocycles. The lowest BCUT2D eigenvalue weighted by Crippen LogP contribution is -2.19. The van der Waals surface area contributed by atoms with Crippen LogP contribution in [0.4, 0.5) is 0 Å². The maximum atomic E-state index is 6.00. The Hall–Kier alpha value is -1.06. The van der Waals surface area contributed by atoms with Crippen molar-refractivity contribution < 1.29 is 0 Å². The Morgan fingerprint density at radius 2 is 2.11 bits per heavy atom. The molecule has 0 amide bonds. The Labute approximate surface area is 113 Å². The molecule has 0 aliphatic rings. The number of aryl methyl sites for hydroxylation is 1. The third kappa shape index (κ3) is 2.68. The molecule has 0 unspecified atom stereocenters. The van der Waals surface area contributed by atoms with Crippen LogP contribution in [0.1, 0.15) is 18.3 Å². The van der Waals surface area contributed by atoms with E-state index < -0.39 is 0 Å². The lowest BCUT2D eigenvalue weighted by molar-refractivity contribution is 0.384. The number of likely N-dealkylation sites (N-methyl/N-ethyl adjacent to an activating group) is 1.